The maximum atomic E-state index is 12.9. The molecule has 0 aromatic heterocycles. The summed E-state index contributed by atoms with van der Waals surface area (Å²) in [6.07, 6.45) is 4.97. The summed E-state index contributed by atoms with van der Waals surface area (Å²) in [6, 6.07) is 14.5. The second-order valence-corrected chi connectivity index (χ2v) is 9.16. The molecule has 2 amide bonds. The fraction of sp³-hybridized carbons (Fsp3) is 0.238. The number of fused-ring (bicyclic) bond motifs is 5. The van der Waals surface area contributed by atoms with Crippen LogP contribution in [0.25, 0.3) is 0 Å². The van der Waals surface area contributed by atoms with Crippen molar-refractivity contribution >= 4 is 33.2 Å². The van der Waals surface area contributed by atoms with Crippen molar-refractivity contribution in [3.63, 3.8) is 0 Å². The van der Waals surface area contributed by atoms with Crippen LogP contribution in [0.15, 0.2) is 71.6 Å². The van der Waals surface area contributed by atoms with Crippen molar-refractivity contribution in [1.82, 2.24) is 0 Å². The number of amides is 2. The molecule has 28 heavy (non-hydrogen) atoms. The van der Waals surface area contributed by atoms with Crippen molar-refractivity contribution in [2.75, 3.05) is 9.62 Å². The van der Waals surface area contributed by atoms with Crippen LogP contribution in [0.3, 0.4) is 0 Å². The van der Waals surface area contributed by atoms with E-state index < -0.39 is 10.0 Å². The minimum Gasteiger partial charge on any atom is -0.280 e. The van der Waals surface area contributed by atoms with Crippen LogP contribution >= 0.6 is 0 Å². The zero-order valence-electron chi connectivity index (χ0n) is 14.9. The first-order chi connectivity index (χ1) is 13.5. The number of para-hydroxylation sites is 1. The van der Waals surface area contributed by atoms with Crippen molar-refractivity contribution in [3.05, 3.63) is 66.7 Å². The normalized spacial score (nSPS) is 28.1. The molecular formula is C21H18N2O4S. The number of nitrogens with one attached hydrogen (secondary N) is 1. The summed E-state index contributed by atoms with van der Waals surface area (Å²) < 4.78 is 27.6. The van der Waals surface area contributed by atoms with Gasteiger partial charge in [-0.05, 0) is 54.7 Å². The predicted octanol–water partition coefficient (Wildman–Crippen LogP) is 2.80. The van der Waals surface area contributed by atoms with E-state index in [0.717, 1.165) is 6.42 Å². The van der Waals surface area contributed by atoms with Gasteiger partial charge in [-0.1, -0.05) is 30.4 Å². The van der Waals surface area contributed by atoms with Crippen LogP contribution in [0.1, 0.15) is 6.42 Å². The third-order valence-corrected chi connectivity index (χ3v) is 7.30. The van der Waals surface area contributed by atoms with Crippen molar-refractivity contribution in [3.8, 4) is 0 Å². The number of hydrogen-bond donors (Lipinski definition) is 1. The van der Waals surface area contributed by atoms with E-state index in [2.05, 4.69) is 4.72 Å². The van der Waals surface area contributed by atoms with Crippen molar-refractivity contribution in [2.45, 2.75) is 11.3 Å². The molecule has 2 aromatic carbocycles. The Bertz CT molecular complexity index is 1060. The van der Waals surface area contributed by atoms with E-state index in [-0.39, 0.29) is 40.4 Å². The van der Waals surface area contributed by atoms with Crippen molar-refractivity contribution < 1.29 is 18.0 Å². The van der Waals surface area contributed by atoms with Gasteiger partial charge in [-0.2, -0.15) is 0 Å². The summed E-state index contributed by atoms with van der Waals surface area (Å²) in [6.45, 7) is 0. The highest BCUT2D eigenvalue weighted by Gasteiger charge is 2.59. The molecule has 0 radical (unpaired) electrons. The largest absolute Gasteiger partial charge is 0.280 e. The Morgan fingerprint density at radius 2 is 1.39 bits per heavy atom. The molecule has 7 heteroatoms. The molecule has 6 nitrogen and oxygen atoms in total. The molecule has 1 aliphatic heterocycles. The first kappa shape index (κ1) is 17.2. The van der Waals surface area contributed by atoms with Gasteiger partial charge in [-0.25, -0.2) is 8.42 Å². The third kappa shape index (κ3) is 2.50. The highest BCUT2D eigenvalue weighted by Crippen LogP contribution is 2.53. The predicted molar refractivity (Wildman–Crippen MR) is 104 cm³/mol. The summed E-state index contributed by atoms with van der Waals surface area (Å²) in [7, 11) is -3.75. The minimum absolute atomic E-state index is 0.0705. The van der Waals surface area contributed by atoms with Gasteiger partial charge in [0.15, 0.2) is 0 Å². The summed E-state index contributed by atoms with van der Waals surface area (Å²) in [4.78, 5) is 27.0. The number of imide groups is 1. The Kier molecular flexibility index (Phi) is 3.71. The number of sulfonamides is 1. The lowest BCUT2D eigenvalue weighted by atomic mass is 9.85. The van der Waals surface area contributed by atoms with Gasteiger partial charge in [0.25, 0.3) is 10.0 Å². The monoisotopic (exact) mass is 394 g/mol. The van der Waals surface area contributed by atoms with Gasteiger partial charge in [0.2, 0.25) is 11.8 Å². The van der Waals surface area contributed by atoms with E-state index in [1.54, 1.807) is 30.3 Å². The summed E-state index contributed by atoms with van der Waals surface area (Å²) in [5.74, 6) is -0.608. The number of carbonyl (C=O) groups is 2. The molecular weight excluding hydrogens is 376 g/mol. The molecule has 4 atom stereocenters. The lowest BCUT2D eigenvalue weighted by Gasteiger charge is -2.17. The first-order valence-electron chi connectivity index (χ1n) is 9.20. The number of benzene rings is 2. The second-order valence-electron chi connectivity index (χ2n) is 7.48. The van der Waals surface area contributed by atoms with E-state index in [1.807, 2.05) is 12.2 Å². The highest BCUT2D eigenvalue weighted by molar-refractivity contribution is 7.92. The smallest absolute Gasteiger partial charge is 0.261 e. The number of rotatable bonds is 4. The van der Waals surface area contributed by atoms with Crippen LogP contribution in [0.2, 0.25) is 0 Å². The number of allylic oxidation sites excluding steroid dienone is 2. The average molecular weight is 394 g/mol. The molecule has 2 aliphatic carbocycles. The molecule has 1 N–H and O–H groups in total. The second kappa shape index (κ2) is 6.04. The Morgan fingerprint density at radius 1 is 0.821 bits per heavy atom. The molecule has 1 saturated carbocycles. The number of carbonyl (C=O) groups excluding carboxylic acids is 2. The van der Waals surface area contributed by atoms with Crippen LogP contribution < -0.4 is 9.62 Å². The fourth-order valence-electron chi connectivity index (χ4n) is 4.65. The Hall–Kier alpha value is -2.93. The van der Waals surface area contributed by atoms with E-state index >= 15 is 0 Å². The lowest BCUT2D eigenvalue weighted by Crippen LogP contribution is -2.32. The van der Waals surface area contributed by atoms with Gasteiger partial charge in [0, 0.05) is 5.69 Å². The SMILES string of the molecule is O=C1C2C3C=CC(C3)C2C(=O)N1c1ccc(S(=O)(=O)Nc2ccccc2)cc1. The van der Waals surface area contributed by atoms with Crippen LogP contribution in [0.5, 0.6) is 0 Å². The van der Waals surface area contributed by atoms with E-state index in [4.69, 9.17) is 0 Å². The fourth-order valence-corrected chi connectivity index (χ4v) is 5.71. The molecule has 2 bridgehead atoms. The quantitative estimate of drug-likeness (QED) is 0.638. The molecule has 2 fully saturated rings. The Labute approximate surface area is 162 Å². The Morgan fingerprint density at radius 3 is 1.96 bits per heavy atom. The van der Waals surface area contributed by atoms with Crippen molar-refractivity contribution in [2.24, 2.45) is 23.7 Å². The number of anilines is 2. The van der Waals surface area contributed by atoms with Gasteiger partial charge in [0.05, 0.1) is 22.4 Å². The summed E-state index contributed by atoms with van der Waals surface area (Å²) in [5.41, 5.74) is 0.884. The minimum atomic E-state index is -3.75. The molecule has 5 rings (SSSR count). The van der Waals surface area contributed by atoms with Gasteiger partial charge in [-0.3, -0.25) is 19.2 Å². The number of hydrogen-bond acceptors (Lipinski definition) is 4. The van der Waals surface area contributed by atoms with Gasteiger partial charge >= 0.3 is 0 Å². The maximum Gasteiger partial charge on any atom is 0.261 e. The van der Waals surface area contributed by atoms with Gasteiger partial charge in [-0.15, -0.1) is 0 Å². The van der Waals surface area contributed by atoms with Gasteiger partial charge < -0.3 is 0 Å². The maximum absolute atomic E-state index is 12.9. The average Bonchev–Trinajstić information content (AvgIpc) is 3.36. The lowest BCUT2D eigenvalue weighted by molar-refractivity contribution is -0.123. The molecule has 4 unspecified atom stereocenters. The Balaban J connectivity index is 1.40. The third-order valence-electron chi connectivity index (χ3n) is 5.90. The molecule has 1 saturated heterocycles. The number of nitrogens with zero attached hydrogens (tertiary/aromatic N) is 1. The zero-order valence-corrected chi connectivity index (χ0v) is 15.7. The van der Waals surface area contributed by atoms with E-state index in [0.29, 0.717) is 11.4 Å². The standard InChI is InChI=1S/C21H18N2O4S/c24-20-18-13-6-7-14(12-13)19(18)21(25)23(20)16-8-10-17(11-9-16)28(26,27)22-15-4-2-1-3-5-15/h1-11,13-14,18-19,22H,12H2. The molecule has 0 spiro atoms. The molecule has 1 heterocycles. The highest BCUT2D eigenvalue weighted by atomic mass is 32.2. The van der Waals surface area contributed by atoms with E-state index in [9.17, 15) is 18.0 Å². The van der Waals surface area contributed by atoms with Gasteiger partial charge in [0.1, 0.15) is 0 Å². The summed E-state index contributed by atoms with van der Waals surface area (Å²) in [5, 5.41) is 0. The van der Waals surface area contributed by atoms with Crippen LogP contribution in [-0.4, -0.2) is 20.2 Å². The molecule has 3 aliphatic rings. The van der Waals surface area contributed by atoms with Crippen LogP contribution in [0.4, 0.5) is 11.4 Å². The zero-order chi connectivity index (χ0) is 19.5. The molecule has 142 valence electrons. The topological polar surface area (TPSA) is 83.6 Å². The van der Waals surface area contributed by atoms with Crippen LogP contribution in [-0.2, 0) is 19.6 Å². The summed E-state index contributed by atoms with van der Waals surface area (Å²) >= 11 is 0. The van der Waals surface area contributed by atoms with Crippen molar-refractivity contribution in [1.29, 1.82) is 0 Å². The first-order valence-corrected chi connectivity index (χ1v) is 10.7. The van der Waals surface area contributed by atoms with Crippen LogP contribution in [0, 0.1) is 23.7 Å². The molecule has 2 aromatic rings. The van der Waals surface area contributed by atoms with E-state index in [1.165, 1.54) is 29.2 Å².